The Morgan fingerprint density at radius 1 is 1.00 bits per heavy atom. The number of hydrogen-bond acceptors (Lipinski definition) is 1. The maximum absolute atomic E-state index is 8.88. The Hall–Kier alpha value is 1.08. The van der Waals surface area contributed by atoms with E-state index in [9.17, 15) is 0 Å². The van der Waals surface area contributed by atoms with E-state index in [1.807, 2.05) is 0 Å². The number of phosphoric acid groups is 1. The van der Waals surface area contributed by atoms with E-state index in [0.29, 0.717) is 0 Å². The van der Waals surface area contributed by atoms with Crippen LogP contribution in [0.1, 0.15) is 0 Å². The predicted molar refractivity (Wildman–Crippen MR) is 31.4 cm³/mol. The SMILES string of the molecule is O.O.O=P(O)(O)O.[AlH3].[Cu]. The van der Waals surface area contributed by atoms with Gasteiger partial charge in [-0.05, 0) is 0 Å². The van der Waals surface area contributed by atoms with Crippen molar-refractivity contribution in [3.05, 3.63) is 0 Å². The van der Waals surface area contributed by atoms with Crippen LogP contribution in [0.5, 0.6) is 0 Å². The Morgan fingerprint density at radius 3 is 1.00 bits per heavy atom. The van der Waals surface area contributed by atoms with Gasteiger partial charge in [-0.1, -0.05) is 0 Å². The molecule has 0 saturated heterocycles. The fraction of sp³-hybridized carbons (Fsp3) is 0. The van der Waals surface area contributed by atoms with Gasteiger partial charge in [0, 0.05) is 17.1 Å². The zero-order valence-electron chi connectivity index (χ0n) is 3.50. The van der Waals surface area contributed by atoms with Gasteiger partial charge in [0.2, 0.25) is 0 Å². The van der Waals surface area contributed by atoms with Crippen LogP contribution in [0.15, 0.2) is 0 Å². The van der Waals surface area contributed by atoms with E-state index in [1.54, 1.807) is 0 Å². The van der Waals surface area contributed by atoms with E-state index in [1.165, 1.54) is 0 Å². The smallest absolute Gasteiger partial charge is 0.412 e. The molecular weight excluding hydrogens is 217 g/mol. The van der Waals surface area contributed by atoms with E-state index in [4.69, 9.17) is 19.2 Å². The second-order valence-electron chi connectivity index (χ2n) is 0.513. The quantitative estimate of drug-likeness (QED) is 0.289. The van der Waals surface area contributed by atoms with Crippen LogP contribution in [-0.2, 0) is 21.6 Å². The summed E-state index contributed by atoms with van der Waals surface area (Å²) in [5.74, 6) is 0. The summed E-state index contributed by atoms with van der Waals surface area (Å²) < 4.78 is 8.88. The molecule has 1 radical (unpaired) electrons. The van der Waals surface area contributed by atoms with Crippen molar-refractivity contribution in [3.8, 4) is 0 Å². The van der Waals surface area contributed by atoms with E-state index in [0.717, 1.165) is 0 Å². The average molecular weight is 228 g/mol. The molecule has 0 rings (SSSR count). The molecule has 0 fully saturated rings. The maximum atomic E-state index is 8.88. The Kier molecular flexibility index (Phi) is 42.3. The standard InChI is InChI=1S/Al.Cu.H3O4P.2H2O.3H/c;;1-5(2,3)4;;;;;/h;;(H3,1,2,3,4);2*1H2;;;. The minimum Gasteiger partial charge on any atom is -0.412 e. The second kappa shape index (κ2) is 11.8. The van der Waals surface area contributed by atoms with Crippen LogP contribution >= 0.6 is 7.82 Å². The topological polar surface area (TPSA) is 141 Å². The van der Waals surface area contributed by atoms with E-state index in [2.05, 4.69) is 0 Å². The predicted octanol–water partition coefficient (Wildman–Crippen LogP) is -3.76. The molecule has 0 aliphatic carbocycles. The summed E-state index contributed by atoms with van der Waals surface area (Å²) in [5, 5.41) is 0. The molecule has 0 bridgehead atoms. The third kappa shape index (κ3) is 389. The van der Waals surface area contributed by atoms with Crippen LogP contribution < -0.4 is 0 Å². The van der Waals surface area contributed by atoms with Gasteiger partial charge in [-0.15, -0.1) is 0 Å². The molecule has 6 nitrogen and oxygen atoms in total. The molecule has 9 heavy (non-hydrogen) atoms. The minimum absolute atomic E-state index is 0. The van der Waals surface area contributed by atoms with Gasteiger partial charge in [-0.25, -0.2) is 4.57 Å². The maximum Gasteiger partial charge on any atom is 0.466 e. The first-order chi connectivity index (χ1) is 2.00. The summed E-state index contributed by atoms with van der Waals surface area (Å²) in [6.45, 7) is 0. The first-order valence-corrected chi connectivity index (χ1v) is 2.35. The Morgan fingerprint density at radius 2 is 1.00 bits per heavy atom. The van der Waals surface area contributed by atoms with Crippen molar-refractivity contribution < 1.29 is 47.3 Å². The van der Waals surface area contributed by atoms with E-state index in [-0.39, 0.29) is 45.4 Å². The van der Waals surface area contributed by atoms with Gasteiger partial charge in [0.1, 0.15) is 0 Å². The van der Waals surface area contributed by atoms with Crippen molar-refractivity contribution in [1.82, 2.24) is 0 Å². The van der Waals surface area contributed by atoms with Crippen molar-refractivity contribution in [1.29, 1.82) is 0 Å². The number of rotatable bonds is 0. The fourth-order valence-corrected chi connectivity index (χ4v) is 0. The molecule has 0 aromatic carbocycles. The van der Waals surface area contributed by atoms with Crippen molar-refractivity contribution in [2.24, 2.45) is 0 Å². The summed E-state index contributed by atoms with van der Waals surface area (Å²) in [6, 6.07) is 0. The van der Waals surface area contributed by atoms with Gasteiger partial charge >= 0.3 is 7.82 Å². The molecule has 0 aliphatic heterocycles. The van der Waals surface area contributed by atoms with Crippen LogP contribution in [0.4, 0.5) is 0 Å². The van der Waals surface area contributed by atoms with Gasteiger partial charge < -0.3 is 25.6 Å². The van der Waals surface area contributed by atoms with Gasteiger partial charge in [0.25, 0.3) is 0 Å². The molecule has 7 N–H and O–H groups in total. The first kappa shape index (κ1) is 32.2. The molecule has 0 aromatic heterocycles. The molecule has 0 unspecified atom stereocenters. The molecule has 9 heteroatoms. The van der Waals surface area contributed by atoms with Crippen molar-refractivity contribution >= 4 is 25.2 Å². The monoisotopic (exact) mass is 227 g/mol. The Labute approximate surface area is 72.7 Å². The van der Waals surface area contributed by atoms with Crippen LogP contribution in [0.3, 0.4) is 0 Å². The van der Waals surface area contributed by atoms with E-state index < -0.39 is 7.82 Å². The summed E-state index contributed by atoms with van der Waals surface area (Å²) in [6.07, 6.45) is 0. The van der Waals surface area contributed by atoms with Crippen LogP contribution in [0.2, 0.25) is 0 Å². The summed E-state index contributed by atoms with van der Waals surface area (Å²) in [5.41, 5.74) is 0. The van der Waals surface area contributed by atoms with Crippen LogP contribution in [-0.4, -0.2) is 43.0 Å². The van der Waals surface area contributed by atoms with Crippen LogP contribution in [0.25, 0.3) is 0 Å². The molecule has 0 atom stereocenters. The minimum atomic E-state index is -4.64. The van der Waals surface area contributed by atoms with Gasteiger partial charge in [-0.3, -0.25) is 0 Å². The molecular formula is H10AlCuO6P. The van der Waals surface area contributed by atoms with Gasteiger partial charge in [-0.2, -0.15) is 0 Å². The summed E-state index contributed by atoms with van der Waals surface area (Å²) in [7, 11) is -4.64. The van der Waals surface area contributed by atoms with Crippen molar-refractivity contribution in [2.45, 2.75) is 0 Å². The zero-order chi connectivity index (χ0) is 4.50. The largest absolute Gasteiger partial charge is 0.466 e. The van der Waals surface area contributed by atoms with Gasteiger partial charge in [0.15, 0.2) is 17.4 Å². The zero-order valence-corrected chi connectivity index (χ0v) is 5.33. The Balaban J connectivity index is -0.0000000133. The molecule has 0 saturated carbocycles. The molecule has 0 aliphatic rings. The third-order valence-electron chi connectivity index (χ3n) is 0. The molecule has 0 spiro atoms. The molecule has 0 heterocycles. The second-order valence-corrected chi connectivity index (χ2v) is 1.54. The average Bonchev–Trinajstić information content (AvgIpc) is 0.722. The van der Waals surface area contributed by atoms with Gasteiger partial charge in [0.05, 0.1) is 0 Å². The third-order valence-corrected chi connectivity index (χ3v) is 0. The van der Waals surface area contributed by atoms with Crippen molar-refractivity contribution in [3.63, 3.8) is 0 Å². The summed E-state index contributed by atoms with van der Waals surface area (Å²) >= 11 is 0. The normalized spacial score (nSPS) is 6.56. The van der Waals surface area contributed by atoms with Crippen LogP contribution in [0, 0.1) is 0 Å². The number of hydrogen-bond donors (Lipinski definition) is 3. The fourth-order valence-electron chi connectivity index (χ4n) is 0. The molecule has 0 aromatic rings. The molecule has 65 valence electrons. The van der Waals surface area contributed by atoms with Crippen molar-refractivity contribution in [2.75, 3.05) is 0 Å². The van der Waals surface area contributed by atoms with E-state index >= 15 is 0 Å². The first-order valence-electron chi connectivity index (χ1n) is 0.783. The Bertz CT molecular complexity index is 59.2. The molecule has 0 amide bonds. The summed E-state index contributed by atoms with van der Waals surface area (Å²) in [4.78, 5) is 21.6.